The standard InChI is InChI=1S/C16H20N2/c1-4-9-16(10-5-1)13-7-2-3-8-14(13)18-12-6-11-17-15(16)18/h2-3,7-8H,1,4-6,9-12H2/p+1. The normalized spacial score (nSPS) is 24.7. The van der Waals surface area contributed by atoms with E-state index in [1.807, 2.05) is 0 Å². The van der Waals surface area contributed by atoms with Crippen molar-refractivity contribution in [2.24, 2.45) is 0 Å². The van der Waals surface area contributed by atoms with Crippen LogP contribution in [0.5, 0.6) is 0 Å². The van der Waals surface area contributed by atoms with E-state index < -0.39 is 0 Å². The molecule has 1 aromatic rings. The van der Waals surface area contributed by atoms with Gasteiger partial charge in [-0.15, -0.1) is 0 Å². The van der Waals surface area contributed by atoms with Crippen molar-refractivity contribution >= 4 is 11.5 Å². The zero-order valence-corrected chi connectivity index (χ0v) is 10.9. The molecule has 1 aliphatic carbocycles. The first kappa shape index (κ1) is 10.6. The van der Waals surface area contributed by atoms with E-state index >= 15 is 0 Å². The lowest BCUT2D eigenvalue weighted by molar-refractivity contribution is -0.445. The number of fused-ring (bicyclic) bond motifs is 4. The molecular weight excluding hydrogens is 220 g/mol. The summed E-state index contributed by atoms with van der Waals surface area (Å²) < 4.78 is 2.56. The molecule has 18 heavy (non-hydrogen) atoms. The maximum absolute atomic E-state index is 3.73. The van der Waals surface area contributed by atoms with E-state index in [0.717, 1.165) is 6.54 Å². The van der Waals surface area contributed by atoms with Crippen molar-refractivity contribution in [3.63, 3.8) is 0 Å². The fourth-order valence-corrected chi connectivity index (χ4v) is 4.22. The second kappa shape index (κ2) is 3.84. The zero-order valence-electron chi connectivity index (χ0n) is 10.9. The molecule has 1 spiro atoms. The molecule has 1 saturated carbocycles. The van der Waals surface area contributed by atoms with Gasteiger partial charge in [0.1, 0.15) is 11.1 Å². The van der Waals surface area contributed by atoms with Gasteiger partial charge in [0.15, 0.2) is 0 Å². The number of hydrogen-bond acceptors (Lipinski definition) is 1. The van der Waals surface area contributed by atoms with Crippen molar-refractivity contribution in [2.75, 3.05) is 13.1 Å². The van der Waals surface area contributed by atoms with Crippen molar-refractivity contribution < 1.29 is 4.58 Å². The molecule has 2 nitrogen and oxygen atoms in total. The van der Waals surface area contributed by atoms with Crippen molar-refractivity contribution in [2.45, 2.75) is 43.9 Å². The third-order valence-electron chi connectivity index (χ3n) is 4.99. The van der Waals surface area contributed by atoms with Crippen LogP contribution in [0.3, 0.4) is 0 Å². The Balaban J connectivity index is 1.93. The second-order valence-corrected chi connectivity index (χ2v) is 5.94. The number of rotatable bonds is 0. The molecule has 2 heterocycles. The molecule has 0 bridgehead atoms. The van der Waals surface area contributed by atoms with Crippen LogP contribution in [0, 0.1) is 0 Å². The van der Waals surface area contributed by atoms with Crippen LogP contribution >= 0.6 is 0 Å². The summed E-state index contributed by atoms with van der Waals surface area (Å²) >= 11 is 0. The molecule has 0 radical (unpaired) electrons. The first-order valence-electron chi connectivity index (χ1n) is 7.40. The number of hydrogen-bond donors (Lipinski definition) is 1. The van der Waals surface area contributed by atoms with E-state index in [-0.39, 0.29) is 0 Å². The van der Waals surface area contributed by atoms with E-state index in [1.54, 1.807) is 5.56 Å². The summed E-state index contributed by atoms with van der Waals surface area (Å²) in [5, 5.41) is 3.73. The summed E-state index contributed by atoms with van der Waals surface area (Å²) in [6.45, 7) is 2.35. The highest BCUT2D eigenvalue weighted by atomic mass is 15.2. The Morgan fingerprint density at radius 3 is 2.72 bits per heavy atom. The van der Waals surface area contributed by atoms with Crippen LogP contribution in [0.4, 0.5) is 5.69 Å². The maximum atomic E-state index is 3.73. The monoisotopic (exact) mass is 241 g/mol. The summed E-state index contributed by atoms with van der Waals surface area (Å²) in [5.41, 5.74) is 3.39. The van der Waals surface area contributed by atoms with E-state index in [2.05, 4.69) is 34.2 Å². The Kier molecular flexibility index (Phi) is 2.26. The largest absolute Gasteiger partial charge is 0.277 e. The first-order chi connectivity index (χ1) is 8.92. The average molecular weight is 241 g/mol. The van der Waals surface area contributed by atoms with Crippen LogP contribution in [-0.2, 0) is 5.41 Å². The molecule has 0 atom stereocenters. The Bertz CT molecular complexity index is 510. The molecule has 3 aliphatic rings. The van der Waals surface area contributed by atoms with Gasteiger partial charge >= 0.3 is 0 Å². The predicted octanol–water partition coefficient (Wildman–Crippen LogP) is 2.94. The van der Waals surface area contributed by atoms with E-state index in [1.165, 1.54) is 56.6 Å². The summed E-state index contributed by atoms with van der Waals surface area (Å²) in [4.78, 5) is 0. The van der Waals surface area contributed by atoms with Gasteiger partial charge in [-0.1, -0.05) is 37.5 Å². The minimum atomic E-state index is 0.329. The molecule has 0 unspecified atom stereocenters. The van der Waals surface area contributed by atoms with Crippen LogP contribution in [0.15, 0.2) is 24.3 Å². The van der Waals surface area contributed by atoms with Gasteiger partial charge in [0.25, 0.3) is 5.84 Å². The van der Waals surface area contributed by atoms with Crippen LogP contribution in [0.1, 0.15) is 44.1 Å². The first-order valence-corrected chi connectivity index (χ1v) is 7.40. The number of amidine groups is 1. The molecule has 1 fully saturated rings. The highest BCUT2D eigenvalue weighted by Gasteiger charge is 2.51. The molecule has 0 amide bonds. The van der Waals surface area contributed by atoms with Gasteiger partial charge in [0.2, 0.25) is 0 Å². The van der Waals surface area contributed by atoms with Crippen LogP contribution in [0.2, 0.25) is 0 Å². The molecule has 4 rings (SSSR count). The van der Waals surface area contributed by atoms with Crippen molar-refractivity contribution in [1.82, 2.24) is 5.32 Å². The summed E-state index contributed by atoms with van der Waals surface area (Å²) in [6.07, 6.45) is 8.11. The van der Waals surface area contributed by atoms with Gasteiger partial charge in [-0.25, -0.2) is 4.58 Å². The third kappa shape index (κ3) is 1.26. The molecule has 2 heteroatoms. The lowest BCUT2D eigenvalue weighted by Gasteiger charge is -2.33. The van der Waals surface area contributed by atoms with Crippen molar-refractivity contribution in [1.29, 1.82) is 0 Å². The predicted molar refractivity (Wildman–Crippen MR) is 73.6 cm³/mol. The SMILES string of the molecule is c1ccc2c(c1)[N+]1=C(NCCC1)C21CCCCC1. The summed E-state index contributed by atoms with van der Waals surface area (Å²) in [6, 6.07) is 9.08. The van der Waals surface area contributed by atoms with Crippen LogP contribution < -0.4 is 5.32 Å². The summed E-state index contributed by atoms with van der Waals surface area (Å²) in [5.74, 6) is 1.52. The van der Waals surface area contributed by atoms with Gasteiger partial charge < -0.3 is 0 Å². The number of para-hydroxylation sites is 1. The van der Waals surface area contributed by atoms with Crippen LogP contribution in [0.25, 0.3) is 0 Å². The van der Waals surface area contributed by atoms with Gasteiger partial charge in [-0.05, 0) is 18.9 Å². The number of benzene rings is 1. The number of nitrogens with one attached hydrogen (secondary N) is 1. The Labute approximate surface area is 109 Å². The molecule has 2 aliphatic heterocycles. The molecule has 1 N–H and O–H groups in total. The van der Waals surface area contributed by atoms with E-state index in [0.29, 0.717) is 5.41 Å². The Morgan fingerprint density at radius 2 is 1.83 bits per heavy atom. The summed E-state index contributed by atoms with van der Waals surface area (Å²) in [7, 11) is 0. The van der Waals surface area contributed by atoms with Crippen molar-refractivity contribution in [3.8, 4) is 0 Å². The highest BCUT2D eigenvalue weighted by Crippen LogP contribution is 2.48. The zero-order chi connectivity index (χ0) is 12.0. The van der Waals surface area contributed by atoms with Gasteiger partial charge in [-0.2, -0.15) is 0 Å². The fraction of sp³-hybridized carbons (Fsp3) is 0.562. The molecule has 0 aromatic heterocycles. The lowest BCUT2D eigenvalue weighted by atomic mass is 9.69. The average Bonchev–Trinajstić information content (AvgIpc) is 2.72. The smallest absolute Gasteiger partial charge is 0.260 e. The van der Waals surface area contributed by atoms with E-state index in [4.69, 9.17) is 0 Å². The topological polar surface area (TPSA) is 15.0 Å². The number of nitrogens with zero attached hydrogens (tertiary/aromatic N) is 1. The van der Waals surface area contributed by atoms with Crippen molar-refractivity contribution in [3.05, 3.63) is 29.8 Å². The molecule has 94 valence electrons. The quantitative estimate of drug-likeness (QED) is 0.690. The third-order valence-corrected chi connectivity index (χ3v) is 4.99. The highest BCUT2D eigenvalue weighted by molar-refractivity contribution is 5.94. The minimum Gasteiger partial charge on any atom is -0.277 e. The minimum absolute atomic E-state index is 0.329. The van der Waals surface area contributed by atoms with Gasteiger partial charge in [0.05, 0.1) is 13.1 Å². The second-order valence-electron chi connectivity index (χ2n) is 5.94. The lowest BCUT2D eigenvalue weighted by Crippen LogP contribution is -2.49. The molecular formula is C16H21N2+. The fourth-order valence-electron chi connectivity index (χ4n) is 4.22. The maximum Gasteiger partial charge on any atom is 0.260 e. The van der Waals surface area contributed by atoms with Crippen LogP contribution in [-0.4, -0.2) is 23.5 Å². The van der Waals surface area contributed by atoms with Gasteiger partial charge in [-0.3, -0.25) is 5.32 Å². The molecule has 0 saturated heterocycles. The molecule has 1 aromatic carbocycles. The van der Waals surface area contributed by atoms with E-state index in [9.17, 15) is 0 Å². The van der Waals surface area contributed by atoms with Gasteiger partial charge in [0, 0.05) is 12.0 Å². The Morgan fingerprint density at radius 1 is 1.00 bits per heavy atom. The Hall–Kier alpha value is -1.31.